The lowest BCUT2D eigenvalue weighted by atomic mass is 10.1. The van der Waals surface area contributed by atoms with E-state index in [0.29, 0.717) is 17.1 Å². The summed E-state index contributed by atoms with van der Waals surface area (Å²) in [6.07, 6.45) is 0.286. The van der Waals surface area contributed by atoms with Crippen LogP contribution in [-0.2, 0) is 4.79 Å². The first-order valence-corrected chi connectivity index (χ1v) is 7.17. The number of hydrogen-bond acceptors (Lipinski definition) is 4. The molecule has 1 atom stereocenters. The van der Waals surface area contributed by atoms with Crippen molar-refractivity contribution in [3.63, 3.8) is 0 Å². The second-order valence-electron chi connectivity index (χ2n) is 5.39. The first-order chi connectivity index (χ1) is 10.4. The molecule has 116 valence electrons. The summed E-state index contributed by atoms with van der Waals surface area (Å²) in [4.78, 5) is 27.7. The minimum atomic E-state index is -0.124. The highest BCUT2D eigenvalue weighted by Gasteiger charge is 2.15. The molecular weight excluding hydrogens is 280 g/mol. The van der Waals surface area contributed by atoms with E-state index in [1.165, 1.54) is 6.92 Å². The highest BCUT2D eigenvalue weighted by atomic mass is 16.1. The van der Waals surface area contributed by atoms with Crippen molar-refractivity contribution < 1.29 is 9.59 Å². The highest BCUT2D eigenvalue weighted by molar-refractivity contribution is 5.97. The third-order valence-corrected chi connectivity index (χ3v) is 3.36. The summed E-state index contributed by atoms with van der Waals surface area (Å²) in [5.74, 6) is 1.33. The van der Waals surface area contributed by atoms with Gasteiger partial charge >= 0.3 is 0 Å². The van der Waals surface area contributed by atoms with Gasteiger partial charge in [-0.3, -0.25) is 9.59 Å². The fraction of sp³-hybridized carbons (Fsp3) is 0.375. The van der Waals surface area contributed by atoms with Crippen molar-refractivity contribution >= 4 is 17.4 Å². The zero-order chi connectivity index (χ0) is 16.3. The number of rotatable bonds is 5. The van der Waals surface area contributed by atoms with E-state index in [-0.39, 0.29) is 24.2 Å². The lowest BCUT2D eigenvalue weighted by Gasteiger charge is -2.13. The molecule has 6 heteroatoms. The molecule has 0 spiro atoms. The molecule has 1 aromatic heterocycles. The standard InChI is InChI=1S/C16H20N4O2/c1-10(20-13(4)17-12(3)19-20)8-16(22)18-15-7-5-6-14(9-15)11(2)21/h5-7,9-10H,8H2,1-4H3,(H,18,22)/t10-/m0/s1. The predicted octanol–water partition coefficient (Wildman–Crippen LogP) is 2.69. The molecule has 0 radical (unpaired) electrons. The smallest absolute Gasteiger partial charge is 0.226 e. The Morgan fingerprint density at radius 2 is 2.05 bits per heavy atom. The minimum absolute atomic E-state index is 0.0295. The maximum atomic E-state index is 12.1. The van der Waals surface area contributed by atoms with Crippen molar-refractivity contribution in [2.75, 3.05) is 5.32 Å². The van der Waals surface area contributed by atoms with E-state index >= 15 is 0 Å². The molecule has 0 fully saturated rings. The lowest BCUT2D eigenvalue weighted by molar-refractivity contribution is -0.116. The number of aryl methyl sites for hydroxylation is 2. The Kier molecular flexibility index (Phi) is 4.70. The Balaban J connectivity index is 2.02. The van der Waals surface area contributed by atoms with Crippen LogP contribution in [0.3, 0.4) is 0 Å². The molecule has 0 bridgehead atoms. The quantitative estimate of drug-likeness (QED) is 0.861. The number of hydrogen-bond donors (Lipinski definition) is 1. The predicted molar refractivity (Wildman–Crippen MR) is 83.9 cm³/mol. The maximum absolute atomic E-state index is 12.1. The van der Waals surface area contributed by atoms with Crippen LogP contribution in [0.5, 0.6) is 0 Å². The summed E-state index contributed by atoms with van der Waals surface area (Å²) in [6, 6.07) is 6.83. The normalized spacial score (nSPS) is 12.0. The molecular formula is C16H20N4O2. The van der Waals surface area contributed by atoms with E-state index in [1.807, 2.05) is 20.8 Å². The first kappa shape index (κ1) is 15.9. The molecule has 0 aliphatic heterocycles. The van der Waals surface area contributed by atoms with Gasteiger partial charge in [-0.15, -0.1) is 0 Å². The topological polar surface area (TPSA) is 76.9 Å². The fourth-order valence-corrected chi connectivity index (χ4v) is 2.34. The van der Waals surface area contributed by atoms with Crippen molar-refractivity contribution in [2.24, 2.45) is 0 Å². The maximum Gasteiger partial charge on any atom is 0.226 e. The number of carbonyl (C=O) groups excluding carboxylic acids is 2. The van der Waals surface area contributed by atoms with E-state index < -0.39 is 0 Å². The summed E-state index contributed by atoms with van der Waals surface area (Å²) >= 11 is 0. The number of ketones is 1. The van der Waals surface area contributed by atoms with Crippen LogP contribution in [0.2, 0.25) is 0 Å². The van der Waals surface area contributed by atoms with Crippen LogP contribution in [0.15, 0.2) is 24.3 Å². The minimum Gasteiger partial charge on any atom is -0.326 e. The number of nitrogens with zero attached hydrogens (tertiary/aromatic N) is 3. The Labute approximate surface area is 129 Å². The van der Waals surface area contributed by atoms with Gasteiger partial charge in [-0.05, 0) is 39.8 Å². The number of aromatic nitrogens is 3. The van der Waals surface area contributed by atoms with Crippen LogP contribution < -0.4 is 5.32 Å². The molecule has 6 nitrogen and oxygen atoms in total. The molecule has 1 amide bonds. The van der Waals surface area contributed by atoms with E-state index in [1.54, 1.807) is 28.9 Å². The third kappa shape index (κ3) is 3.78. The van der Waals surface area contributed by atoms with Crippen LogP contribution in [-0.4, -0.2) is 26.5 Å². The molecule has 0 saturated carbocycles. The zero-order valence-corrected chi connectivity index (χ0v) is 13.3. The number of Topliss-reactive ketones (excluding diaryl/α,β-unsaturated/α-hetero) is 1. The summed E-state index contributed by atoms with van der Waals surface area (Å²) in [5.41, 5.74) is 1.20. The van der Waals surface area contributed by atoms with Crippen molar-refractivity contribution in [1.29, 1.82) is 0 Å². The highest BCUT2D eigenvalue weighted by Crippen LogP contribution is 2.15. The van der Waals surface area contributed by atoms with Crippen LogP contribution in [0, 0.1) is 13.8 Å². The van der Waals surface area contributed by atoms with Gasteiger partial charge in [0, 0.05) is 17.7 Å². The Morgan fingerprint density at radius 3 is 2.64 bits per heavy atom. The number of benzene rings is 1. The Morgan fingerprint density at radius 1 is 1.32 bits per heavy atom. The molecule has 2 rings (SSSR count). The van der Waals surface area contributed by atoms with E-state index in [2.05, 4.69) is 15.4 Å². The first-order valence-electron chi connectivity index (χ1n) is 7.17. The van der Waals surface area contributed by atoms with Gasteiger partial charge in [-0.2, -0.15) is 5.10 Å². The van der Waals surface area contributed by atoms with Gasteiger partial charge < -0.3 is 5.32 Å². The van der Waals surface area contributed by atoms with E-state index in [4.69, 9.17) is 0 Å². The number of amides is 1. The van der Waals surface area contributed by atoms with Gasteiger partial charge in [0.2, 0.25) is 5.91 Å². The van der Waals surface area contributed by atoms with Crippen molar-refractivity contribution in [3.05, 3.63) is 41.5 Å². The van der Waals surface area contributed by atoms with Crippen LogP contribution in [0.1, 0.15) is 48.3 Å². The van der Waals surface area contributed by atoms with Gasteiger partial charge in [0.15, 0.2) is 5.78 Å². The monoisotopic (exact) mass is 300 g/mol. The van der Waals surface area contributed by atoms with E-state index in [0.717, 1.165) is 5.82 Å². The van der Waals surface area contributed by atoms with Gasteiger partial charge in [0.1, 0.15) is 11.6 Å². The average molecular weight is 300 g/mol. The number of nitrogens with one attached hydrogen (secondary N) is 1. The van der Waals surface area contributed by atoms with Gasteiger partial charge in [0.05, 0.1) is 6.04 Å². The zero-order valence-electron chi connectivity index (χ0n) is 13.3. The molecule has 1 N–H and O–H groups in total. The van der Waals surface area contributed by atoms with Crippen LogP contribution in [0.25, 0.3) is 0 Å². The molecule has 0 unspecified atom stereocenters. The van der Waals surface area contributed by atoms with E-state index in [9.17, 15) is 9.59 Å². The molecule has 0 aliphatic rings. The largest absolute Gasteiger partial charge is 0.326 e. The average Bonchev–Trinajstić information content (AvgIpc) is 2.77. The summed E-state index contributed by atoms with van der Waals surface area (Å²) < 4.78 is 1.75. The van der Waals surface area contributed by atoms with Gasteiger partial charge in [-0.25, -0.2) is 9.67 Å². The van der Waals surface area contributed by atoms with Gasteiger partial charge in [-0.1, -0.05) is 12.1 Å². The molecule has 1 aromatic carbocycles. The fourth-order valence-electron chi connectivity index (χ4n) is 2.34. The van der Waals surface area contributed by atoms with Crippen molar-refractivity contribution in [2.45, 2.75) is 40.2 Å². The van der Waals surface area contributed by atoms with Crippen LogP contribution >= 0.6 is 0 Å². The third-order valence-electron chi connectivity index (χ3n) is 3.36. The molecule has 1 heterocycles. The summed E-state index contributed by atoms with van der Waals surface area (Å²) in [6.45, 7) is 7.11. The van der Waals surface area contributed by atoms with Gasteiger partial charge in [0.25, 0.3) is 0 Å². The second-order valence-corrected chi connectivity index (χ2v) is 5.39. The van der Waals surface area contributed by atoms with Crippen molar-refractivity contribution in [3.8, 4) is 0 Å². The lowest BCUT2D eigenvalue weighted by Crippen LogP contribution is -2.19. The Bertz CT molecular complexity index is 706. The summed E-state index contributed by atoms with van der Waals surface area (Å²) in [7, 11) is 0. The summed E-state index contributed by atoms with van der Waals surface area (Å²) in [5, 5.41) is 7.10. The Hall–Kier alpha value is -2.50. The molecule has 0 saturated heterocycles. The molecule has 22 heavy (non-hydrogen) atoms. The molecule has 2 aromatic rings. The second kappa shape index (κ2) is 6.51. The number of carbonyl (C=O) groups is 2. The van der Waals surface area contributed by atoms with Crippen LogP contribution in [0.4, 0.5) is 5.69 Å². The molecule has 0 aliphatic carbocycles. The number of anilines is 1. The SMILES string of the molecule is CC(=O)c1cccc(NC(=O)C[C@H](C)n2nc(C)nc2C)c1. The van der Waals surface area contributed by atoms with Crippen molar-refractivity contribution in [1.82, 2.24) is 14.8 Å².